The summed E-state index contributed by atoms with van der Waals surface area (Å²) in [6.07, 6.45) is 3.05. The first-order valence-electron chi connectivity index (χ1n) is 11.8. The molecule has 1 fully saturated rings. The van der Waals surface area contributed by atoms with E-state index in [1.165, 1.54) is 19.6 Å². The second kappa shape index (κ2) is 10.2. The number of hydrogen-bond donors (Lipinski definition) is 1. The lowest BCUT2D eigenvalue weighted by Crippen LogP contribution is -2.37. The first-order chi connectivity index (χ1) is 18.1. The van der Waals surface area contributed by atoms with Crippen LogP contribution in [-0.4, -0.2) is 56.3 Å². The molecule has 1 N–H and O–H groups in total. The molecule has 0 bridgehead atoms. The Labute approximate surface area is 228 Å². The fourth-order valence-electron chi connectivity index (χ4n) is 4.60. The Kier molecular flexibility index (Phi) is 7.07. The van der Waals surface area contributed by atoms with E-state index in [0.29, 0.717) is 43.6 Å². The number of pyridine rings is 1. The molecular weight excluding hydrogens is 533 g/mol. The number of methoxy groups -OCH3 is 1. The van der Waals surface area contributed by atoms with Crippen LogP contribution in [0.5, 0.6) is 11.5 Å². The number of aliphatic hydroxyl groups is 1. The fraction of sp³-hybridized carbons (Fsp3) is 0.385. The summed E-state index contributed by atoms with van der Waals surface area (Å²) < 4.78 is 26.0. The van der Waals surface area contributed by atoms with Gasteiger partial charge in [-0.2, -0.15) is 5.26 Å². The maximum atomic E-state index is 10.5. The minimum absolute atomic E-state index is 0.157. The van der Waals surface area contributed by atoms with Crippen LogP contribution in [0.2, 0.25) is 10.2 Å². The second-order valence-corrected chi connectivity index (χ2v) is 10.2. The largest absolute Gasteiger partial charge is 0.493 e. The minimum Gasteiger partial charge on any atom is -0.493 e. The second-order valence-electron chi connectivity index (χ2n) is 9.51. The van der Waals surface area contributed by atoms with E-state index < -0.39 is 24.2 Å². The predicted octanol–water partition coefficient (Wildman–Crippen LogP) is 4.89. The molecule has 12 heteroatoms. The molecule has 0 radical (unpaired) electrons. The first kappa shape index (κ1) is 26.4. The van der Waals surface area contributed by atoms with Crippen molar-refractivity contribution in [1.82, 2.24) is 19.5 Å². The number of hydrogen-bond acceptors (Lipinski definition) is 9. The Balaban J connectivity index is 1.44. The maximum Gasteiger partial charge on any atom is 0.163 e. The number of nitriles is 1. The van der Waals surface area contributed by atoms with E-state index in [4.69, 9.17) is 42.1 Å². The molecule has 4 aromatic rings. The molecule has 4 heterocycles. The lowest BCUT2D eigenvalue weighted by atomic mass is 10.00. The third-order valence-corrected chi connectivity index (χ3v) is 7.18. The minimum atomic E-state index is -1.40. The van der Waals surface area contributed by atoms with Gasteiger partial charge in [-0.1, -0.05) is 30.1 Å². The first-order valence-corrected chi connectivity index (χ1v) is 12.6. The van der Waals surface area contributed by atoms with Crippen LogP contribution in [0.4, 0.5) is 0 Å². The topological polar surface area (TPSA) is 125 Å². The van der Waals surface area contributed by atoms with Gasteiger partial charge in [-0.05, 0) is 26.0 Å². The van der Waals surface area contributed by atoms with Crippen LogP contribution in [0.1, 0.15) is 32.6 Å². The highest BCUT2D eigenvalue weighted by Gasteiger charge is 2.46. The van der Waals surface area contributed by atoms with Crippen LogP contribution in [0.3, 0.4) is 0 Å². The van der Waals surface area contributed by atoms with Crippen LogP contribution in [0.15, 0.2) is 36.9 Å². The summed E-state index contributed by atoms with van der Waals surface area (Å²) in [6, 6.07) is 7.24. The van der Waals surface area contributed by atoms with Gasteiger partial charge in [0.2, 0.25) is 0 Å². The Hall–Kier alpha value is -3.20. The van der Waals surface area contributed by atoms with Gasteiger partial charge < -0.3 is 28.6 Å². The monoisotopic (exact) mass is 557 g/mol. The fourth-order valence-corrected chi connectivity index (χ4v) is 5.03. The van der Waals surface area contributed by atoms with Crippen LogP contribution >= 0.6 is 23.2 Å². The van der Waals surface area contributed by atoms with Crippen LogP contribution in [0.25, 0.3) is 21.9 Å². The summed E-state index contributed by atoms with van der Waals surface area (Å²) >= 11 is 12.6. The summed E-state index contributed by atoms with van der Waals surface area (Å²) in [5.41, 5.74) is 1.42. The van der Waals surface area contributed by atoms with Crippen LogP contribution in [-0.2, 0) is 9.47 Å². The lowest BCUT2D eigenvalue weighted by molar-refractivity contribution is -0.227. The Morgan fingerprint density at radius 1 is 1.18 bits per heavy atom. The summed E-state index contributed by atoms with van der Waals surface area (Å²) in [6.45, 7) is 5.27. The third kappa shape index (κ3) is 4.84. The SMILES string of the molecule is COc1cc2c(Cl)c(C#N)cnc2cc1OC[C@H]1O[C@@H](n2ccc3c(Cl)ncnc32)[C@H](OC(C)(C)O)[C@@H]1C. The summed E-state index contributed by atoms with van der Waals surface area (Å²) in [5, 5.41) is 21.6. The highest BCUT2D eigenvalue weighted by atomic mass is 35.5. The zero-order valence-corrected chi connectivity index (χ0v) is 22.6. The molecule has 0 amide bonds. The van der Waals surface area contributed by atoms with Crippen molar-refractivity contribution in [2.45, 2.75) is 45.0 Å². The molecule has 0 unspecified atom stereocenters. The highest BCUT2D eigenvalue weighted by Crippen LogP contribution is 2.41. The zero-order chi connectivity index (χ0) is 27.2. The number of benzene rings is 1. The van der Waals surface area contributed by atoms with E-state index in [1.54, 1.807) is 26.0 Å². The Bertz CT molecular complexity index is 1550. The number of rotatable bonds is 7. The summed E-state index contributed by atoms with van der Waals surface area (Å²) in [7, 11) is 1.52. The molecule has 1 aliphatic rings. The number of halogens is 2. The van der Waals surface area contributed by atoms with Gasteiger partial charge in [0.15, 0.2) is 23.5 Å². The van der Waals surface area contributed by atoms with E-state index >= 15 is 0 Å². The third-order valence-electron chi connectivity index (χ3n) is 6.47. The van der Waals surface area contributed by atoms with E-state index in [-0.39, 0.29) is 18.1 Å². The smallest absolute Gasteiger partial charge is 0.163 e. The molecule has 38 heavy (non-hydrogen) atoms. The number of fused-ring (bicyclic) bond motifs is 2. The van der Waals surface area contributed by atoms with Crippen LogP contribution < -0.4 is 9.47 Å². The molecule has 1 aliphatic heterocycles. The molecule has 1 saturated heterocycles. The van der Waals surface area contributed by atoms with Gasteiger partial charge >= 0.3 is 0 Å². The Morgan fingerprint density at radius 3 is 2.68 bits per heavy atom. The van der Waals surface area contributed by atoms with Crippen molar-refractivity contribution in [1.29, 1.82) is 5.26 Å². The normalized spacial score (nSPS) is 21.6. The van der Waals surface area contributed by atoms with Crippen molar-refractivity contribution >= 4 is 45.1 Å². The zero-order valence-electron chi connectivity index (χ0n) is 21.1. The van der Waals surface area contributed by atoms with E-state index in [2.05, 4.69) is 15.0 Å². The van der Waals surface area contributed by atoms with Gasteiger partial charge in [0.1, 0.15) is 35.9 Å². The molecule has 3 aromatic heterocycles. The van der Waals surface area contributed by atoms with Gasteiger partial charge in [-0.15, -0.1) is 0 Å². The molecular formula is C26H25Cl2N5O5. The average molecular weight is 558 g/mol. The van der Waals surface area contributed by atoms with Gasteiger partial charge in [0, 0.05) is 29.8 Å². The number of nitrogens with zero attached hydrogens (tertiary/aromatic N) is 5. The van der Waals surface area contributed by atoms with Gasteiger partial charge in [0.25, 0.3) is 0 Å². The van der Waals surface area contributed by atoms with Crippen molar-refractivity contribution in [2.24, 2.45) is 5.92 Å². The molecule has 0 aliphatic carbocycles. The molecule has 1 aromatic carbocycles. The summed E-state index contributed by atoms with van der Waals surface area (Å²) in [4.78, 5) is 12.7. The molecule has 0 spiro atoms. The van der Waals surface area contributed by atoms with Crippen molar-refractivity contribution in [3.63, 3.8) is 0 Å². The molecule has 0 saturated carbocycles. The number of aromatic nitrogens is 4. The van der Waals surface area contributed by atoms with Crippen molar-refractivity contribution < 1.29 is 24.1 Å². The molecule has 4 atom stereocenters. The quantitative estimate of drug-likeness (QED) is 0.249. The molecule has 10 nitrogen and oxygen atoms in total. The maximum absolute atomic E-state index is 10.5. The predicted molar refractivity (Wildman–Crippen MR) is 140 cm³/mol. The molecule has 198 valence electrons. The van der Waals surface area contributed by atoms with E-state index in [1.807, 2.05) is 29.8 Å². The lowest BCUT2D eigenvalue weighted by Gasteiger charge is -2.29. The van der Waals surface area contributed by atoms with Crippen molar-refractivity contribution in [3.8, 4) is 17.6 Å². The average Bonchev–Trinajstić information content (AvgIpc) is 3.44. The van der Waals surface area contributed by atoms with Crippen LogP contribution in [0, 0.1) is 17.2 Å². The van der Waals surface area contributed by atoms with Crippen molar-refractivity contribution in [2.75, 3.05) is 13.7 Å². The van der Waals surface area contributed by atoms with Gasteiger partial charge in [-0.25, -0.2) is 9.97 Å². The van der Waals surface area contributed by atoms with E-state index in [9.17, 15) is 10.4 Å². The van der Waals surface area contributed by atoms with Gasteiger partial charge in [-0.3, -0.25) is 4.98 Å². The highest BCUT2D eigenvalue weighted by molar-refractivity contribution is 6.36. The van der Waals surface area contributed by atoms with Gasteiger partial charge in [0.05, 0.1) is 34.7 Å². The summed E-state index contributed by atoms with van der Waals surface area (Å²) in [5.74, 6) is -0.706. The molecule has 5 rings (SSSR count). The number of ether oxygens (including phenoxy) is 4. The Morgan fingerprint density at radius 2 is 1.97 bits per heavy atom. The van der Waals surface area contributed by atoms with E-state index in [0.717, 1.165) is 0 Å². The van der Waals surface area contributed by atoms with Crippen molar-refractivity contribution in [3.05, 3.63) is 52.7 Å². The standard InChI is InChI=1S/C26H25Cl2N5O5/c1-13-20(11-36-19-8-17-16(7-18(19)35-4)21(27)14(9-29)10-30-17)37-25(22(13)38-26(2,3)34)33-6-5-15-23(28)31-12-32-24(15)33/h5-8,10,12-13,20,22,25,34H,11H2,1-4H3/t13-,20-,22-,25-/m1/s1.